The molecule has 0 atom stereocenters. The quantitative estimate of drug-likeness (QED) is 0.499. The lowest BCUT2D eigenvalue weighted by Crippen LogP contribution is -2.47. The third-order valence-electron chi connectivity index (χ3n) is 5.48. The Kier molecular flexibility index (Phi) is 6.37. The predicted molar refractivity (Wildman–Crippen MR) is 119 cm³/mol. The molecule has 2 aliphatic rings. The number of anilines is 1. The average molecular weight is 408 g/mol. The molecule has 30 heavy (non-hydrogen) atoms. The minimum Gasteiger partial charge on any atom is -0.493 e. The van der Waals surface area contributed by atoms with Gasteiger partial charge in [-0.1, -0.05) is 24.3 Å². The van der Waals surface area contributed by atoms with Crippen molar-refractivity contribution < 1.29 is 9.53 Å². The summed E-state index contributed by atoms with van der Waals surface area (Å²) < 4.78 is 5.57. The van der Waals surface area contributed by atoms with E-state index >= 15 is 0 Å². The second kappa shape index (κ2) is 9.52. The van der Waals surface area contributed by atoms with Crippen molar-refractivity contribution in [3.63, 3.8) is 0 Å². The molecule has 7 heteroatoms. The van der Waals surface area contributed by atoms with Crippen LogP contribution in [0.5, 0.6) is 5.75 Å². The number of guanidine groups is 1. The molecule has 0 radical (unpaired) electrons. The number of carbonyl (C=O) groups is 1. The molecular weight excluding hydrogens is 378 g/mol. The van der Waals surface area contributed by atoms with Crippen molar-refractivity contribution in [1.82, 2.24) is 16.0 Å². The molecule has 1 fully saturated rings. The van der Waals surface area contributed by atoms with Crippen LogP contribution in [0.15, 0.2) is 47.5 Å². The second-order valence-electron chi connectivity index (χ2n) is 7.58. The monoisotopic (exact) mass is 407 g/mol. The van der Waals surface area contributed by atoms with Crippen LogP contribution in [0.1, 0.15) is 16.7 Å². The normalized spacial score (nSPS) is 16.0. The lowest BCUT2D eigenvalue weighted by molar-refractivity contribution is -0.120. The number of nitrogens with one attached hydrogen (secondary N) is 3. The van der Waals surface area contributed by atoms with Crippen molar-refractivity contribution in [1.29, 1.82) is 0 Å². The Morgan fingerprint density at radius 3 is 2.80 bits per heavy atom. The van der Waals surface area contributed by atoms with Gasteiger partial charge in [-0.3, -0.25) is 9.79 Å². The fourth-order valence-electron chi connectivity index (χ4n) is 3.81. The zero-order chi connectivity index (χ0) is 20.8. The van der Waals surface area contributed by atoms with E-state index in [0.717, 1.165) is 49.9 Å². The van der Waals surface area contributed by atoms with Gasteiger partial charge in [0.25, 0.3) is 0 Å². The summed E-state index contributed by atoms with van der Waals surface area (Å²) >= 11 is 0. The van der Waals surface area contributed by atoms with Crippen molar-refractivity contribution in [2.75, 3.05) is 44.7 Å². The van der Waals surface area contributed by atoms with Gasteiger partial charge >= 0.3 is 0 Å². The fourth-order valence-corrected chi connectivity index (χ4v) is 3.81. The molecule has 0 aliphatic carbocycles. The maximum Gasteiger partial charge on any atom is 0.239 e. The van der Waals surface area contributed by atoms with Gasteiger partial charge in [0.2, 0.25) is 5.91 Å². The minimum absolute atomic E-state index is 0.0788. The first-order chi connectivity index (χ1) is 14.7. The summed E-state index contributed by atoms with van der Waals surface area (Å²) in [5, 5.41) is 9.59. The largest absolute Gasteiger partial charge is 0.493 e. The summed E-state index contributed by atoms with van der Waals surface area (Å²) in [6.07, 6.45) is 1.94. The molecule has 1 amide bonds. The summed E-state index contributed by atoms with van der Waals surface area (Å²) in [6.45, 7) is 4.26. The lowest BCUT2D eigenvalue weighted by Gasteiger charge is -2.28. The van der Waals surface area contributed by atoms with E-state index in [1.54, 1.807) is 7.05 Å². The molecule has 2 aliphatic heterocycles. The van der Waals surface area contributed by atoms with Gasteiger partial charge in [-0.15, -0.1) is 0 Å². The highest BCUT2D eigenvalue weighted by Gasteiger charge is 2.16. The van der Waals surface area contributed by atoms with E-state index in [0.29, 0.717) is 19.6 Å². The first-order valence-electron chi connectivity index (χ1n) is 10.5. The Balaban J connectivity index is 1.23. The number of carbonyl (C=O) groups excluding carboxylic acids is 1. The third kappa shape index (κ3) is 5.03. The Hall–Kier alpha value is -3.22. The van der Waals surface area contributed by atoms with Crippen LogP contribution < -0.4 is 25.6 Å². The van der Waals surface area contributed by atoms with E-state index in [2.05, 4.69) is 68.3 Å². The molecule has 3 N–H and O–H groups in total. The maximum atomic E-state index is 11.6. The topological polar surface area (TPSA) is 78.0 Å². The third-order valence-corrected chi connectivity index (χ3v) is 5.48. The molecular formula is C23H29N5O2. The highest BCUT2D eigenvalue weighted by atomic mass is 16.5. The first kappa shape index (κ1) is 20.1. The summed E-state index contributed by atoms with van der Waals surface area (Å²) in [7, 11) is 1.78. The Bertz CT molecular complexity index is 910. The highest BCUT2D eigenvalue weighted by Crippen LogP contribution is 2.25. The first-order valence-corrected chi connectivity index (χ1v) is 10.5. The molecule has 4 rings (SSSR count). The Morgan fingerprint density at radius 1 is 1.17 bits per heavy atom. The summed E-state index contributed by atoms with van der Waals surface area (Å²) in [6, 6.07) is 14.8. The second-order valence-corrected chi connectivity index (χ2v) is 7.58. The number of nitrogens with zero attached hydrogens (tertiary/aromatic N) is 2. The van der Waals surface area contributed by atoms with Crippen LogP contribution in [0, 0.1) is 0 Å². The van der Waals surface area contributed by atoms with Crippen molar-refractivity contribution >= 4 is 17.6 Å². The van der Waals surface area contributed by atoms with Gasteiger partial charge in [-0.05, 0) is 41.3 Å². The molecule has 2 aromatic carbocycles. The molecule has 7 nitrogen and oxygen atoms in total. The molecule has 158 valence electrons. The highest BCUT2D eigenvalue weighted by molar-refractivity contribution is 5.82. The summed E-state index contributed by atoms with van der Waals surface area (Å²) in [4.78, 5) is 18.0. The van der Waals surface area contributed by atoms with E-state index in [4.69, 9.17) is 4.74 Å². The Morgan fingerprint density at radius 2 is 2.00 bits per heavy atom. The van der Waals surface area contributed by atoms with Gasteiger partial charge < -0.3 is 25.6 Å². The molecule has 2 aromatic rings. The lowest BCUT2D eigenvalue weighted by atomic mass is 10.1. The van der Waals surface area contributed by atoms with Crippen LogP contribution in [0.3, 0.4) is 0 Å². The van der Waals surface area contributed by atoms with Crippen LogP contribution in [0.25, 0.3) is 0 Å². The van der Waals surface area contributed by atoms with Crippen LogP contribution in [-0.2, 0) is 24.2 Å². The number of amides is 1. The molecule has 2 heterocycles. The van der Waals surface area contributed by atoms with Crippen LogP contribution >= 0.6 is 0 Å². The van der Waals surface area contributed by atoms with Crippen molar-refractivity contribution in [2.24, 2.45) is 4.99 Å². The number of fused-ring (bicyclic) bond motifs is 1. The minimum atomic E-state index is 0.0788. The molecule has 0 aromatic heterocycles. The van der Waals surface area contributed by atoms with Crippen molar-refractivity contribution in [3.8, 4) is 5.75 Å². The SMILES string of the molecule is CN=C(NCCc1ccc2c(c1)CCO2)NCc1ccc(N2CCNC(=O)C2)cc1. The molecule has 0 saturated carbocycles. The van der Waals surface area contributed by atoms with Gasteiger partial charge in [0, 0.05) is 45.3 Å². The average Bonchev–Trinajstić information content (AvgIpc) is 3.24. The predicted octanol–water partition coefficient (Wildman–Crippen LogP) is 1.47. The van der Waals surface area contributed by atoms with Crippen LogP contribution in [0.2, 0.25) is 0 Å². The van der Waals surface area contributed by atoms with Crippen molar-refractivity contribution in [3.05, 3.63) is 59.2 Å². The number of piperazine rings is 1. The van der Waals surface area contributed by atoms with Gasteiger partial charge in [-0.2, -0.15) is 0 Å². The van der Waals surface area contributed by atoms with Gasteiger partial charge in [-0.25, -0.2) is 0 Å². The summed E-state index contributed by atoms with van der Waals surface area (Å²) in [5.41, 5.74) is 4.87. The molecule has 0 spiro atoms. The van der Waals surface area contributed by atoms with Crippen LogP contribution in [-0.4, -0.2) is 51.7 Å². The van der Waals surface area contributed by atoms with E-state index in [-0.39, 0.29) is 5.91 Å². The standard InChI is InChI=1S/C23H29N5O2/c1-24-23(26-10-8-17-4-7-21-19(14-17)9-13-30-21)27-15-18-2-5-20(6-3-18)28-12-11-25-22(29)16-28/h2-7,14H,8-13,15-16H2,1H3,(H,25,29)(H2,24,26,27). The van der Waals surface area contributed by atoms with E-state index < -0.39 is 0 Å². The smallest absolute Gasteiger partial charge is 0.239 e. The molecule has 1 saturated heterocycles. The maximum absolute atomic E-state index is 11.6. The number of hydrogen-bond donors (Lipinski definition) is 3. The summed E-state index contributed by atoms with van der Waals surface area (Å²) in [5.74, 6) is 1.89. The number of rotatable bonds is 6. The van der Waals surface area contributed by atoms with Gasteiger partial charge in [0.05, 0.1) is 13.2 Å². The Labute approximate surface area is 177 Å². The number of ether oxygens (including phenoxy) is 1. The number of aliphatic imine (C=N–C) groups is 1. The number of hydrogen-bond acceptors (Lipinski definition) is 4. The molecule has 0 unspecified atom stereocenters. The zero-order valence-corrected chi connectivity index (χ0v) is 17.4. The van der Waals surface area contributed by atoms with Crippen LogP contribution in [0.4, 0.5) is 5.69 Å². The van der Waals surface area contributed by atoms with Gasteiger partial charge in [0.15, 0.2) is 5.96 Å². The van der Waals surface area contributed by atoms with Gasteiger partial charge in [0.1, 0.15) is 5.75 Å². The van der Waals surface area contributed by atoms with E-state index in [9.17, 15) is 4.79 Å². The number of benzene rings is 2. The van der Waals surface area contributed by atoms with E-state index in [1.807, 2.05) is 0 Å². The fraction of sp³-hybridized carbons (Fsp3) is 0.391. The molecule has 0 bridgehead atoms. The van der Waals surface area contributed by atoms with Crippen molar-refractivity contribution in [2.45, 2.75) is 19.4 Å². The van der Waals surface area contributed by atoms with E-state index in [1.165, 1.54) is 16.7 Å². The zero-order valence-electron chi connectivity index (χ0n) is 17.4.